The van der Waals surface area contributed by atoms with Crippen LogP contribution in [-0.2, 0) is 14.9 Å². The van der Waals surface area contributed by atoms with Gasteiger partial charge in [-0.05, 0) is 24.8 Å². The van der Waals surface area contributed by atoms with Crippen LogP contribution in [0.15, 0.2) is 35.8 Å². The van der Waals surface area contributed by atoms with Crippen LogP contribution in [0.3, 0.4) is 0 Å². The molecule has 1 amide bonds. The quantitative estimate of drug-likeness (QED) is 0.821. The second-order valence-corrected chi connectivity index (χ2v) is 8.04. The molecule has 0 spiro atoms. The predicted octanol–water partition coefficient (Wildman–Crippen LogP) is 4.25. The van der Waals surface area contributed by atoms with Gasteiger partial charge >= 0.3 is 0 Å². The number of rotatable bonds is 6. The third-order valence-corrected chi connectivity index (χ3v) is 5.79. The topological polar surface area (TPSA) is 60.5 Å². The van der Waals surface area contributed by atoms with Crippen molar-refractivity contribution in [3.05, 3.63) is 41.4 Å². The second kappa shape index (κ2) is 8.18. The third-order valence-electron chi connectivity index (χ3n) is 5.10. The van der Waals surface area contributed by atoms with Gasteiger partial charge in [0.15, 0.2) is 5.13 Å². The highest BCUT2D eigenvalue weighted by Crippen LogP contribution is 2.45. The van der Waals surface area contributed by atoms with Gasteiger partial charge in [0, 0.05) is 35.6 Å². The van der Waals surface area contributed by atoms with E-state index in [1.54, 1.807) is 13.3 Å². The Balaban J connectivity index is 1.92. The van der Waals surface area contributed by atoms with Crippen LogP contribution in [0.25, 0.3) is 0 Å². The Morgan fingerprint density at radius 3 is 2.96 bits per heavy atom. The first-order chi connectivity index (χ1) is 12.5. The van der Waals surface area contributed by atoms with Gasteiger partial charge in [0.2, 0.25) is 5.91 Å². The molecular weight excluding hydrogens is 348 g/mol. The smallest absolute Gasteiger partial charge is 0.227 e. The predicted molar refractivity (Wildman–Crippen MR) is 104 cm³/mol. The molecule has 26 heavy (non-hydrogen) atoms. The number of nitrogens with zero attached hydrogens (tertiary/aromatic N) is 1. The Bertz CT molecular complexity index is 732. The molecule has 2 aromatic rings. The molecule has 3 rings (SSSR count). The first kappa shape index (κ1) is 18.9. The Hall–Kier alpha value is -1.92. The fraction of sp³-hybridized carbons (Fsp3) is 0.500. The summed E-state index contributed by atoms with van der Waals surface area (Å²) in [4.78, 5) is 17.0. The van der Waals surface area contributed by atoms with E-state index in [1.807, 2.05) is 23.6 Å². The molecule has 5 nitrogen and oxygen atoms in total. The first-order valence-electron chi connectivity index (χ1n) is 8.98. The molecule has 2 heterocycles. The Morgan fingerprint density at radius 2 is 2.27 bits per heavy atom. The number of hydrogen-bond acceptors (Lipinski definition) is 5. The number of para-hydroxylation sites is 1. The summed E-state index contributed by atoms with van der Waals surface area (Å²) in [5.74, 6) is 1.21. The summed E-state index contributed by atoms with van der Waals surface area (Å²) in [6.07, 6.45) is 3.80. The van der Waals surface area contributed by atoms with Crippen LogP contribution < -0.4 is 10.1 Å². The van der Waals surface area contributed by atoms with Crippen molar-refractivity contribution in [1.82, 2.24) is 4.98 Å². The van der Waals surface area contributed by atoms with Crippen molar-refractivity contribution in [3.8, 4) is 5.75 Å². The van der Waals surface area contributed by atoms with Crippen molar-refractivity contribution >= 4 is 22.4 Å². The zero-order valence-corrected chi connectivity index (χ0v) is 16.3. The number of ether oxygens (including phenoxy) is 2. The second-order valence-electron chi connectivity index (χ2n) is 7.15. The van der Waals surface area contributed by atoms with Gasteiger partial charge in [-0.1, -0.05) is 32.0 Å². The molecule has 1 aliphatic heterocycles. The summed E-state index contributed by atoms with van der Waals surface area (Å²) in [6.45, 7) is 4.97. The maximum Gasteiger partial charge on any atom is 0.227 e. The lowest BCUT2D eigenvalue weighted by Gasteiger charge is -2.43. The van der Waals surface area contributed by atoms with E-state index >= 15 is 0 Å². The highest BCUT2D eigenvalue weighted by Gasteiger charge is 2.42. The van der Waals surface area contributed by atoms with Gasteiger partial charge in [-0.3, -0.25) is 4.79 Å². The number of carbonyl (C=O) groups excluding carboxylic acids is 1. The summed E-state index contributed by atoms with van der Waals surface area (Å²) in [5.41, 5.74) is 0.784. The van der Waals surface area contributed by atoms with E-state index in [2.05, 4.69) is 30.2 Å². The fourth-order valence-electron chi connectivity index (χ4n) is 3.72. The highest BCUT2D eigenvalue weighted by atomic mass is 32.1. The van der Waals surface area contributed by atoms with Crippen molar-refractivity contribution in [3.63, 3.8) is 0 Å². The zero-order valence-electron chi connectivity index (χ0n) is 15.5. The van der Waals surface area contributed by atoms with Crippen molar-refractivity contribution in [2.45, 2.75) is 44.6 Å². The summed E-state index contributed by atoms with van der Waals surface area (Å²) in [7, 11) is 1.68. The first-order valence-corrected chi connectivity index (χ1v) is 9.86. The summed E-state index contributed by atoms with van der Waals surface area (Å²) in [6, 6.07) is 8.02. The number of hydrogen-bond donors (Lipinski definition) is 1. The monoisotopic (exact) mass is 374 g/mol. The SMILES string of the molecule is COc1ccccc1[C@@]1(CC(=O)Nc2nccs2)CCO[C@@H](C(C)C)C1. The average Bonchev–Trinajstić information content (AvgIpc) is 3.14. The maximum absolute atomic E-state index is 12.8. The Kier molecular flexibility index (Phi) is 5.94. The van der Waals surface area contributed by atoms with Crippen molar-refractivity contribution in [2.24, 2.45) is 5.92 Å². The van der Waals surface area contributed by atoms with Gasteiger partial charge in [-0.2, -0.15) is 0 Å². The minimum absolute atomic E-state index is 0.0183. The van der Waals surface area contributed by atoms with Gasteiger partial charge in [-0.25, -0.2) is 4.98 Å². The van der Waals surface area contributed by atoms with Crippen LogP contribution in [0, 0.1) is 5.92 Å². The molecule has 0 bridgehead atoms. The van der Waals surface area contributed by atoms with Gasteiger partial charge in [-0.15, -0.1) is 11.3 Å². The third kappa shape index (κ3) is 4.07. The van der Waals surface area contributed by atoms with Crippen LogP contribution in [0.1, 0.15) is 38.7 Å². The van der Waals surface area contributed by atoms with Crippen molar-refractivity contribution in [2.75, 3.05) is 19.0 Å². The van der Waals surface area contributed by atoms with Crippen molar-refractivity contribution in [1.29, 1.82) is 0 Å². The number of nitrogens with one attached hydrogen (secondary N) is 1. The molecule has 140 valence electrons. The number of thiazole rings is 1. The average molecular weight is 375 g/mol. The van der Waals surface area contributed by atoms with E-state index in [-0.39, 0.29) is 17.4 Å². The number of aromatic nitrogens is 1. The van der Waals surface area contributed by atoms with Gasteiger partial charge in [0.1, 0.15) is 5.75 Å². The standard InChI is InChI=1S/C20H26N2O3S/c1-14(2)17-12-20(8-10-25-17,15-6-4-5-7-16(15)24-3)13-18(23)22-19-21-9-11-26-19/h4-7,9,11,14,17H,8,10,12-13H2,1-3H3,(H,21,22,23)/t17-,20+/m1/s1. The molecule has 1 aromatic carbocycles. The lowest BCUT2D eigenvalue weighted by molar-refractivity contribution is -0.119. The summed E-state index contributed by atoms with van der Waals surface area (Å²) >= 11 is 1.43. The van der Waals surface area contributed by atoms with E-state index in [0.717, 1.165) is 24.2 Å². The van der Waals surface area contributed by atoms with Crippen LogP contribution in [0.4, 0.5) is 5.13 Å². The molecule has 2 atom stereocenters. The molecule has 6 heteroatoms. The molecule has 0 saturated carbocycles. The molecular formula is C20H26N2O3S. The largest absolute Gasteiger partial charge is 0.496 e. The molecule has 1 fully saturated rings. The van der Waals surface area contributed by atoms with E-state index in [9.17, 15) is 4.79 Å². The van der Waals surface area contributed by atoms with E-state index < -0.39 is 0 Å². The number of benzene rings is 1. The number of amides is 1. The summed E-state index contributed by atoms with van der Waals surface area (Å²) in [5, 5.41) is 5.42. The van der Waals surface area contributed by atoms with E-state index in [4.69, 9.17) is 9.47 Å². The number of anilines is 1. The molecule has 0 radical (unpaired) electrons. The van der Waals surface area contributed by atoms with Gasteiger partial charge in [0.05, 0.1) is 13.2 Å². The molecule has 1 N–H and O–H groups in total. The maximum atomic E-state index is 12.8. The number of carbonyl (C=O) groups is 1. The van der Waals surface area contributed by atoms with Crippen LogP contribution >= 0.6 is 11.3 Å². The van der Waals surface area contributed by atoms with Crippen LogP contribution in [0.5, 0.6) is 5.75 Å². The van der Waals surface area contributed by atoms with E-state index in [1.165, 1.54) is 11.3 Å². The highest BCUT2D eigenvalue weighted by molar-refractivity contribution is 7.13. The lowest BCUT2D eigenvalue weighted by Crippen LogP contribution is -2.43. The molecule has 0 aliphatic carbocycles. The number of methoxy groups -OCH3 is 1. The van der Waals surface area contributed by atoms with Crippen LogP contribution in [0.2, 0.25) is 0 Å². The summed E-state index contributed by atoms with van der Waals surface area (Å²) < 4.78 is 11.6. The van der Waals surface area contributed by atoms with Crippen LogP contribution in [-0.4, -0.2) is 30.7 Å². The molecule has 0 unspecified atom stereocenters. The minimum atomic E-state index is -0.304. The molecule has 1 aromatic heterocycles. The lowest BCUT2D eigenvalue weighted by atomic mass is 9.68. The Morgan fingerprint density at radius 1 is 1.46 bits per heavy atom. The van der Waals surface area contributed by atoms with Crippen molar-refractivity contribution < 1.29 is 14.3 Å². The Labute approximate surface area is 158 Å². The minimum Gasteiger partial charge on any atom is -0.496 e. The normalized spacial score (nSPS) is 23.0. The van der Waals surface area contributed by atoms with Gasteiger partial charge in [0.25, 0.3) is 0 Å². The zero-order chi connectivity index (χ0) is 18.6. The molecule has 1 saturated heterocycles. The van der Waals surface area contributed by atoms with Gasteiger partial charge < -0.3 is 14.8 Å². The molecule has 1 aliphatic rings. The fourth-order valence-corrected chi connectivity index (χ4v) is 4.26. The van der Waals surface area contributed by atoms with E-state index in [0.29, 0.717) is 24.1 Å².